The molecule has 0 aliphatic heterocycles. The van der Waals surface area contributed by atoms with E-state index in [9.17, 15) is 9.59 Å². The molecule has 1 rings (SSSR count). The van der Waals surface area contributed by atoms with Gasteiger partial charge in [-0.3, -0.25) is 4.79 Å². The third-order valence-corrected chi connectivity index (χ3v) is 3.45. The number of thiazole rings is 1. The summed E-state index contributed by atoms with van der Waals surface area (Å²) in [6, 6.07) is 0. The molecule has 0 saturated carbocycles. The molecule has 20 heavy (non-hydrogen) atoms. The fourth-order valence-electron chi connectivity index (χ4n) is 1.62. The maximum absolute atomic E-state index is 11.5. The molecule has 112 valence electrons. The van der Waals surface area contributed by atoms with Crippen molar-refractivity contribution in [3.63, 3.8) is 0 Å². The van der Waals surface area contributed by atoms with Crippen molar-refractivity contribution in [2.75, 3.05) is 27.3 Å². The summed E-state index contributed by atoms with van der Waals surface area (Å²) < 4.78 is 9.48. The first kappa shape index (κ1) is 16.6. The first-order chi connectivity index (χ1) is 9.56. The predicted octanol–water partition coefficient (Wildman–Crippen LogP) is 1.70. The van der Waals surface area contributed by atoms with Gasteiger partial charge in [-0.05, 0) is 26.9 Å². The van der Waals surface area contributed by atoms with Gasteiger partial charge in [0.15, 0.2) is 0 Å². The summed E-state index contributed by atoms with van der Waals surface area (Å²) >= 11 is 1.29. The van der Waals surface area contributed by atoms with Crippen LogP contribution in [0.5, 0.6) is 0 Å². The number of rotatable bonds is 8. The number of carbonyl (C=O) groups is 2. The summed E-state index contributed by atoms with van der Waals surface area (Å²) in [5.41, 5.74) is 0.832. The minimum atomic E-state index is -0.378. The molecule has 7 heteroatoms. The van der Waals surface area contributed by atoms with E-state index in [-0.39, 0.29) is 11.9 Å². The Morgan fingerprint density at radius 1 is 1.45 bits per heavy atom. The van der Waals surface area contributed by atoms with E-state index >= 15 is 0 Å². The van der Waals surface area contributed by atoms with Gasteiger partial charge >= 0.3 is 11.9 Å². The smallest absolute Gasteiger partial charge is 0.367 e. The Morgan fingerprint density at radius 2 is 2.20 bits per heavy atom. The largest absolute Gasteiger partial charge is 0.469 e. The van der Waals surface area contributed by atoms with Crippen LogP contribution in [0.25, 0.3) is 0 Å². The Hall–Kier alpha value is -1.47. The molecule has 0 aliphatic carbocycles. The Kier molecular flexibility index (Phi) is 7.17. The van der Waals surface area contributed by atoms with Crippen LogP contribution in [0.4, 0.5) is 0 Å². The highest BCUT2D eigenvalue weighted by molar-refractivity contribution is 7.11. The maximum Gasteiger partial charge on any atom is 0.367 e. The number of aromatic nitrogens is 1. The van der Waals surface area contributed by atoms with E-state index in [1.807, 2.05) is 17.3 Å². The normalized spacial score (nSPS) is 10.6. The van der Waals surface area contributed by atoms with Crippen LogP contribution in [0.15, 0.2) is 5.38 Å². The van der Waals surface area contributed by atoms with Crippen LogP contribution in [0.2, 0.25) is 0 Å². The molecule has 1 aromatic rings. The lowest BCUT2D eigenvalue weighted by Crippen LogP contribution is -2.20. The van der Waals surface area contributed by atoms with Crippen LogP contribution in [0.3, 0.4) is 0 Å². The third-order valence-electron chi connectivity index (χ3n) is 2.58. The van der Waals surface area contributed by atoms with E-state index in [1.54, 1.807) is 6.92 Å². The van der Waals surface area contributed by atoms with Crippen molar-refractivity contribution in [2.24, 2.45) is 0 Å². The van der Waals surface area contributed by atoms with Gasteiger partial charge in [0.05, 0.1) is 19.4 Å². The molecule has 1 heterocycles. The molecule has 0 saturated heterocycles. The summed E-state index contributed by atoms with van der Waals surface area (Å²) in [6.07, 6.45) is 1.14. The van der Waals surface area contributed by atoms with Gasteiger partial charge in [-0.15, -0.1) is 11.3 Å². The lowest BCUT2D eigenvalue weighted by molar-refractivity contribution is -0.140. The van der Waals surface area contributed by atoms with Crippen molar-refractivity contribution in [1.29, 1.82) is 0 Å². The van der Waals surface area contributed by atoms with Crippen LogP contribution in [0.1, 0.15) is 35.3 Å². The molecular formula is C13H20N2O4S. The predicted molar refractivity (Wildman–Crippen MR) is 75.7 cm³/mol. The molecular weight excluding hydrogens is 280 g/mol. The lowest BCUT2D eigenvalue weighted by atomic mass is 10.3. The summed E-state index contributed by atoms with van der Waals surface area (Å²) in [4.78, 5) is 28.8. The Bertz CT molecular complexity index is 447. The third kappa shape index (κ3) is 5.66. The average molecular weight is 300 g/mol. The first-order valence-electron chi connectivity index (χ1n) is 6.43. The SMILES string of the molecule is CCOC(=O)c1nc(CN(C)CCCC(=O)OC)cs1. The van der Waals surface area contributed by atoms with Gasteiger partial charge in [0.2, 0.25) is 5.01 Å². The first-order valence-corrected chi connectivity index (χ1v) is 7.31. The van der Waals surface area contributed by atoms with Crippen LogP contribution in [0, 0.1) is 0 Å². The second-order valence-corrected chi connectivity index (χ2v) is 5.14. The zero-order valence-electron chi connectivity index (χ0n) is 12.0. The average Bonchev–Trinajstić information content (AvgIpc) is 2.87. The molecule has 0 N–H and O–H groups in total. The van der Waals surface area contributed by atoms with Crippen LogP contribution in [-0.2, 0) is 20.8 Å². The molecule has 0 spiro atoms. The van der Waals surface area contributed by atoms with Gasteiger partial charge in [-0.1, -0.05) is 0 Å². The fraction of sp³-hybridized carbons (Fsp3) is 0.615. The topological polar surface area (TPSA) is 68.7 Å². The number of methoxy groups -OCH3 is 1. The second-order valence-electron chi connectivity index (χ2n) is 4.28. The number of ether oxygens (including phenoxy) is 2. The van der Waals surface area contributed by atoms with E-state index in [0.29, 0.717) is 24.6 Å². The quantitative estimate of drug-likeness (QED) is 0.681. The van der Waals surface area contributed by atoms with Gasteiger partial charge in [0, 0.05) is 18.3 Å². The number of esters is 2. The van der Waals surface area contributed by atoms with Gasteiger partial charge in [0.1, 0.15) is 0 Å². The standard InChI is InChI=1S/C13H20N2O4S/c1-4-19-13(17)12-14-10(9-20-12)8-15(2)7-5-6-11(16)18-3/h9H,4-8H2,1-3H3. The van der Waals surface area contributed by atoms with Gasteiger partial charge in [-0.2, -0.15) is 0 Å². The number of hydrogen-bond donors (Lipinski definition) is 0. The van der Waals surface area contributed by atoms with Crippen molar-refractivity contribution in [2.45, 2.75) is 26.3 Å². The van der Waals surface area contributed by atoms with E-state index < -0.39 is 0 Å². The molecule has 6 nitrogen and oxygen atoms in total. The summed E-state index contributed by atoms with van der Waals surface area (Å²) in [7, 11) is 3.33. The van der Waals surface area contributed by atoms with Crippen molar-refractivity contribution in [3.8, 4) is 0 Å². The lowest BCUT2D eigenvalue weighted by Gasteiger charge is -2.14. The van der Waals surface area contributed by atoms with E-state index in [2.05, 4.69) is 9.72 Å². The minimum absolute atomic E-state index is 0.198. The number of carbonyl (C=O) groups excluding carboxylic acids is 2. The molecule has 0 fully saturated rings. The van der Waals surface area contributed by atoms with Gasteiger partial charge in [0.25, 0.3) is 0 Å². The highest BCUT2D eigenvalue weighted by Gasteiger charge is 2.13. The molecule has 0 amide bonds. The van der Waals surface area contributed by atoms with Crippen molar-refractivity contribution in [1.82, 2.24) is 9.88 Å². The van der Waals surface area contributed by atoms with Crippen molar-refractivity contribution in [3.05, 3.63) is 16.1 Å². The summed E-state index contributed by atoms with van der Waals surface area (Å²) in [5.74, 6) is -0.575. The Morgan fingerprint density at radius 3 is 2.85 bits per heavy atom. The zero-order valence-corrected chi connectivity index (χ0v) is 12.9. The molecule has 0 aromatic carbocycles. The fourth-order valence-corrected chi connectivity index (χ4v) is 2.32. The molecule has 0 bridgehead atoms. The van der Waals surface area contributed by atoms with Crippen LogP contribution < -0.4 is 0 Å². The van der Waals surface area contributed by atoms with E-state index in [1.165, 1.54) is 18.4 Å². The maximum atomic E-state index is 11.5. The van der Waals surface area contributed by atoms with Gasteiger partial charge < -0.3 is 14.4 Å². The highest BCUT2D eigenvalue weighted by atomic mass is 32.1. The van der Waals surface area contributed by atoms with E-state index in [0.717, 1.165) is 18.7 Å². The van der Waals surface area contributed by atoms with Gasteiger partial charge in [-0.25, -0.2) is 9.78 Å². The molecule has 1 aromatic heterocycles. The Balaban J connectivity index is 2.36. The zero-order chi connectivity index (χ0) is 15.0. The second kappa shape index (κ2) is 8.65. The minimum Gasteiger partial charge on any atom is -0.469 e. The molecule has 0 aliphatic rings. The summed E-state index contributed by atoms with van der Waals surface area (Å²) in [6.45, 7) is 3.52. The van der Waals surface area contributed by atoms with Crippen molar-refractivity contribution < 1.29 is 19.1 Å². The van der Waals surface area contributed by atoms with Crippen LogP contribution >= 0.6 is 11.3 Å². The van der Waals surface area contributed by atoms with Crippen LogP contribution in [-0.4, -0.2) is 49.1 Å². The van der Waals surface area contributed by atoms with E-state index in [4.69, 9.17) is 4.74 Å². The molecule has 0 atom stereocenters. The molecule has 0 unspecified atom stereocenters. The number of nitrogens with zero attached hydrogens (tertiary/aromatic N) is 2. The number of hydrogen-bond acceptors (Lipinski definition) is 7. The highest BCUT2D eigenvalue weighted by Crippen LogP contribution is 2.12. The summed E-state index contributed by atoms with van der Waals surface area (Å²) in [5, 5.41) is 2.23. The monoisotopic (exact) mass is 300 g/mol. The Labute approximate surface area is 122 Å². The molecule has 0 radical (unpaired) electrons. The van der Waals surface area contributed by atoms with Crippen molar-refractivity contribution >= 4 is 23.3 Å².